The second kappa shape index (κ2) is 7.65. The lowest BCUT2D eigenvalue weighted by Crippen LogP contribution is -2.39. The summed E-state index contributed by atoms with van der Waals surface area (Å²) in [6, 6.07) is 4.86. The molecule has 2 heterocycles. The minimum atomic E-state index is 0.527. The van der Waals surface area contributed by atoms with Crippen LogP contribution in [0.4, 0.5) is 5.82 Å². The van der Waals surface area contributed by atoms with E-state index >= 15 is 0 Å². The summed E-state index contributed by atoms with van der Waals surface area (Å²) in [4.78, 5) is 11.9. The molecule has 0 aliphatic carbocycles. The van der Waals surface area contributed by atoms with Gasteiger partial charge in [0.15, 0.2) is 0 Å². The summed E-state index contributed by atoms with van der Waals surface area (Å²) in [5, 5.41) is 0. The lowest BCUT2D eigenvalue weighted by atomic mass is 10.0. The topological polar surface area (TPSA) is 38.2 Å². The van der Waals surface area contributed by atoms with Crippen LogP contribution in [0.1, 0.15) is 61.2 Å². The monoisotopic (exact) mass is 353 g/mol. The summed E-state index contributed by atoms with van der Waals surface area (Å²) < 4.78 is 6.39. The van der Waals surface area contributed by atoms with Gasteiger partial charge in [-0.15, -0.1) is 0 Å². The SMILES string of the molecule is CCC(CC)N1CCCc2c(Oc3c(C)cc(C)cc3C)nc(C)nc21. The van der Waals surface area contributed by atoms with Gasteiger partial charge in [0.1, 0.15) is 17.4 Å². The normalized spacial score (nSPS) is 13.9. The zero-order valence-corrected chi connectivity index (χ0v) is 17.0. The van der Waals surface area contributed by atoms with Gasteiger partial charge in [0.05, 0.1) is 5.56 Å². The first-order valence-corrected chi connectivity index (χ1v) is 9.84. The van der Waals surface area contributed by atoms with Crippen molar-refractivity contribution in [1.29, 1.82) is 0 Å². The number of hydrogen-bond acceptors (Lipinski definition) is 4. The van der Waals surface area contributed by atoms with Crippen LogP contribution >= 0.6 is 0 Å². The van der Waals surface area contributed by atoms with Gasteiger partial charge in [0, 0.05) is 12.6 Å². The van der Waals surface area contributed by atoms with Crippen molar-refractivity contribution in [1.82, 2.24) is 9.97 Å². The predicted octanol–water partition coefficient (Wildman–Crippen LogP) is 5.44. The Labute approximate surface area is 157 Å². The van der Waals surface area contributed by atoms with Crippen molar-refractivity contribution >= 4 is 5.82 Å². The highest BCUT2D eigenvalue weighted by atomic mass is 16.5. The molecule has 0 fully saturated rings. The van der Waals surface area contributed by atoms with Crippen molar-refractivity contribution in [3.8, 4) is 11.6 Å². The Kier molecular flexibility index (Phi) is 5.49. The third kappa shape index (κ3) is 3.55. The quantitative estimate of drug-likeness (QED) is 0.717. The van der Waals surface area contributed by atoms with Crippen LogP contribution in [0.15, 0.2) is 12.1 Å². The smallest absolute Gasteiger partial charge is 0.227 e. The molecule has 0 saturated carbocycles. The summed E-state index contributed by atoms with van der Waals surface area (Å²) in [5.74, 6) is 3.52. The van der Waals surface area contributed by atoms with E-state index in [1.165, 1.54) is 5.56 Å². The summed E-state index contributed by atoms with van der Waals surface area (Å²) in [6.45, 7) is 13.9. The summed E-state index contributed by atoms with van der Waals surface area (Å²) in [6.07, 6.45) is 4.36. The van der Waals surface area contributed by atoms with Crippen molar-refractivity contribution < 1.29 is 4.74 Å². The molecule has 140 valence electrons. The van der Waals surface area contributed by atoms with Crippen molar-refractivity contribution in [3.63, 3.8) is 0 Å². The number of rotatable bonds is 5. The Morgan fingerprint density at radius 3 is 2.31 bits per heavy atom. The first-order chi connectivity index (χ1) is 12.4. The van der Waals surface area contributed by atoms with Crippen LogP contribution in [-0.2, 0) is 6.42 Å². The van der Waals surface area contributed by atoms with Crippen LogP contribution in [-0.4, -0.2) is 22.6 Å². The van der Waals surface area contributed by atoms with E-state index < -0.39 is 0 Å². The largest absolute Gasteiger partial charge is 0.438 e. The molecule has 0 unspecified atom stereocenters. The van der Waals surface area contributed by atoms with E-state index in [2.05, 4.69) is 56.6 Å². The number of benzene rings is 1. The second-order valence-electron chi connectivity index (χ2n) is 7.48. The van der Waals surface area contributed by atoms with Crippen molar-refractivity contribution in [2.45, 2.75) is 73.3 Å². The zero-order chi connectivity index (χ0) is 18.8. The van der Waals surface area contributed by atoms with Gasteiger partial charge in [-0.25, -0.2) is 4.98 Å². The maximum Gasteiger partial charge on any atom is 0.227 e. The van der Waals surface area contributed by atoms with E-state index in [-0.39, 0.29) is 0 Å². The number of fused-ring (bicyclic) bond motifs is 1. The number of hydrogen-bond donors (Lipinski definition) is 0. The molecule has 0 spiro atoms. The fraction of sp³-hybridized carbons (Fsp3) is 0.545. The minimum Gasteiger partial charge on any atom is -0.438 e. The molecule has 1 aliphatic heterocycles. The third-order valence-electron chi connectivity index (χ3n) is 5.34. The Morgan fingerprint density at radius 1 is 1.04 bits per heavy atom. The van der Waals surface area contributed by atoms with E-state index in [9.17, 15) is 0 Å². The maximum atomic E-state index is 6.39. The van der Waals surface area contributed by atoms with E-state index in [1.807, 2.05) is 6.92 Å². The van der Waals surface area contributed by atoms with Gasteiger partial charge in [-0.1, -0.05) is 31.5 Å². The maximum absolute atomic E-state index is 6.39. The average Bonchev–Trinajstić information content (AvgIpc) is 2.59. The number of aryl methyl sites for hydroxylation is 4. The average molecular weight is 354 g/mol. The Hall–Kier alpha value is -2.10. The molecule has 0 radical (unpaired) electrons. The predicted molar refractivity (Wildman–Crippen MR) is 108 cm³/mol. The highest BCUT2D eigenvalue weighted by Gasteiger charge is 2.28. The van der Waals surface area contributed by atoms with Gasteiger partial charge in [0.25, 0.3) is 0 Å². The Bertz CT molecular complexity index is 773. The number of aromatic nitrogens is 2. The standard InChI is InChI=1S/C22H31N3O/c1-7-18(8-2)25-11-9-10-19-21(25)23-17(6)24-22(19)26-20-15(4)12-14(3)13-16(20)5/h12-13,18H,7-11H2,1-6H3. The van der Waals surface area contributed by atoms with Gasteiger partial charge < -0.3 is 9.64 Å². The van der Waals surface area contributed by atoms with E-state index in [0.717, 1.165) is 72.2 Å². The molecule has 0 saturated heterocycles. The molecular weight excluding hydrogens is 322 g/mol. The molecule has 1 aromatic heterocycles. The molecule has 0 N–H and O–H groups in total. The van der Waals surface area contributed by atoms with Crippen LogP contribution in [0.2, 0.25) is 0 Å². The molecule has 1 aromatic carbocycles. The van der Waals surface area contributed by atoms with Crippen LogP contribution in [0.25, 0.3) is 0 Å². The van der Waals surface area contributed by atoms with Crippen LogP contribution in [0, 0.1) is 27.7 Å². The van der Waals surface area contributed by atoms with Gasteiger partial charge >= 0.3 is 0 Å². The van der Waals surface area contributed by atoms with Crippen molar-refractivity contribution in [3.05, 3.63) is 40.2 Å². The fourth-order valence-electron chi connectivity index (χ4n) is 4.14. The van der Waals surface area contributed by atoms with E-state index in [0.29, 0.717) is 6.04 Å². The third-order valence-corrected chi connectivity index (χ3v) is 5.34. The molecule has 4 nitrogen and oxygen atoms in total. The molecule has 0 amide bonds. The Morgan fingerprint density at radius 2 is 1.69 bits per heavy atom. The second-order valence-corrected chi connectivity index (χ2v) is 7.48. The van der Waals surface area contributed by atoms with Crippen molar-refractivity contribution in [2.24, 2.45) is 0 Å². The molecule has 0 atom stereocenters. The highest BCUT2D eigenvalue weighted by Crippen LogP contribution is 2.37. The van der Waals surface area contributed by atoms with Crippen LogP contribution in [0.5, 0.6) is 11.6 Å². The van der Waals surface area contributed by atoms with Gasteiger partial charge in [-0.2, -0.15) is 4.98 Å². The fourth-order valence-corrected chi connectivity index (χ4v) is 4.14. The lowest BCUT2D eigenvalue weighted by Gasteiger charge is -2.36. The Balaban J connectivity index is 2.05. The van der Waals surface area contributed by atoms with Gasteiger partial charge in [0.2, 0.25) is 5.88 Å². The first-order valence-electron chi connectivity index (χ1n) is 9.84. The summed E-state index contributed by atoms with van der Waals surface area (Å²) in [5.41, 5.74) is 4.72. The molecule has 1 aliphatic rings. The minimum absolute atomic E-state index is 0.527. The van der Waals surface area contributed by atoms with Crippen LogP contribution < -0.4 is 9.64 Å². The van der Waals surface area contributed by atoms with Gasteiger partial charge in [-0.3, -0.25) is 0 Å². The molecule has 4 heteroatoms. The lowest BCUT2D eigenvalue weighted by molar-refractivity contribution is 0.437. The number of ether oxygens (including phenoxy) is 1. The molecule has 2 aromatic rings. The highest BCUT2D eigenvalue weighted by molar-refractivity contribution is 5.56. The van der Waals surface area contributed by atoms with Crippen LogP contribution in [0.3, 0.4) is 0 Å². The zero-order valence-electron chi connectivity index (χ0n) is 17.0. The first kappa shape index (κ1) is 18.7. The number of nitrogens with zero attached hydrogens (tertiary/aromatic N) is 3. The molecule has 3 rings (SSSR count). The summed E-state index contributed by atoms with van der Waals surface area (Å²) in [7, 11) is 0. The van der Waals surface area contributed by atoms with E-state index in [4.69, 9.17) is 9.72 Å². The van der Waals surface area contributed by atoms with Crippen molar-refractivity contribution in [2.75, 3.05) is 11.4 Å². The van der Waals surface area contributed by atoms with Gasteiger partial charge in [-0.05, 0) is 64.5 Å². The van der Waals surface area contributed by atoms with E-state index in [1.54, 1.807) is 0 Å². The molecular formula is C22H31N3O. The molecule has 0 bridgehead atoms. The number of anilines is 1. The summed E-state index contributed by atoms with van der Waals surface area (Å²) >= 11 is 0. The molecule has 26 heavy (non-hydrogen) atoms.